The molecule has 3 atom stereocenters. The molecule has 4 rings (SSSR count). The van der Waals surface area contributed by atoms with Crippen molar-refractivity contribution >= 4 is 21.9 Å². The highest BCUT2D eigenvalue weighted by atomic mass is 32.2. The second-order valence-corrected chi connectivity index (χ2v) is 13.6. The third kappa shape index (κ3) is 6.39. The lowest BCUT2D eigenvalue weighted by Crippen LogP contribution is -2.51. The second-order valence-electron chi connectivity index (χ2n) is 11.9. The summed E-state index contributed by atoms with van der Waals surface area (Å²) in [5.74, 6) is -0.319. The van der Waals surface area contributed by atoms with Gasteiger partial charge in [-0.2, -0.15) is 12.7 Å². The van der Waals surface area contributed by atoms with Gasteiger partial charge in [-0.1, -0.05) is 20.8 Å². The van der Waals surface area contributed by atoms with E-state index in [-0.39, 0.29) is 23.2 Å². The van der Waals surface area contributed by atoms with Crippen LogP contribution in [0.25, 0.3) is 11.3 Å². The van der Waals surface area contributed by atoms with E-state index >= 15 is 0 Å². The van der Waals surface area contributed by atoms with Gasteiger partial charge in [0.15, 0.2) is 5.72 Å². The van der Waals surface area contributed by atoms with Crippen LogP contribution < -0.4 is 20.1 Å². The van der Waals surface area contributed by atoms with Crippen molar-refractivity contribution in [2.24, 2.45) is 17.6 Å². The molecule has 1 aromatic heterocycles. The number of nitrogens with one attached hydrogen (secondary N) is 1. The van der Waals surface area contributed by atoms with Crippen LogP contribution in [0.15, 0.2) is 30.3 Å². The maximum absolute atomic E-state index is 14.5. The monoisotopic (exact) mass is 579 g/mol. The van der Waals surface area contributed by atoms with Gasteiger partial charge in [-0.25, -0.2) is 14.1 Å². The fourth-order valence-electron chi connectivity index (χ4n) is 5.23. The van der Waals surface area contributed by atoms with Gasteiger partial charge < -0.3 is 25.6 Å². The number of carbonyl (C=O) groups excluding carboxylic acids is 1. The number of benzene rings is 1. The maximum atomic E-state index is 14.5. The molecule has 1 unspecified atom stereocenters. The van der Waals surface area contributed by atoms with Crippen LogP contribution >= 0.6 is 0 Å². The molecule has 2 saturated heterocycles. The summed E-state index contributed by atoms with van der Waals surface area (Å²) in [6, 6.07) is 7.27. The van der Waals surface area contributed by atoms with E-state index in [1.165, 1.54) is 24.3 Å². The quantitative estimate of drug-likeness (QED) is 0.343. The summed E-state index contributed by atoms with van der Waals surface area (Å²) >= 11 is 0. The zero-order chi connectivity index (χ0) is 29.6. The summed E-state index contributed by atoms with van der Waals surface area (Å²) < 4.78 is 48.9. The summed E-state index contributed by atoms with van der Waals surface area (Å²) in [4.78, 5) is 20.1. The van der Waals surface area contributed by atoms with E-state index in [4.69, 9.17) is 15.5 Å². The van der Waals surface area contributed by atoms with Crippen molar-refractivity contribution in [3.05, 3.63) is 41.7 Å². The van der Waals surface area contributed by atoms with Crippen LogP contribution in [-0.4, -0.2) is 77.4 Å². The lowest BCUT2D eigenvalue weighted by atomic mass is 9.97. The number of hydrogen-bond acceptors (Lipinski definition) is 9. The second kappa shape index (κ2) is 10.9. The van der Waals surface area contributed by atoms with Gasteiger partial charge in [-0.05, 0) is 56.4 Å². The van der Waals surface area contributed by atoms with Crippen molar-refractivity contribution < 1.29 is 32.6 Å². The molecule has 0 saturated carbocycles. The molecule has 220 valence electrons. The van der Waals surface area contributed by atoms with Gasteiger partial charge >= 0.3 is 10.2 Å². The maximum Gasteiger partial charge on any atom is 0.304 e. The molecule has 2 fully saturated rings. The molecule has 0 spiro atoms. The number of halogens is 1. The number of nitrogens with two attached hydrogens (primary N) is 1. The van der Waals surface area contributed by atoms with Crippen LogP contribution in [0.5, 0.6) is 5.75 Å². The van der Waals surface area contributed by atoms with Crippen molar-refractivity contribution in [2.45, 2.75) is 58.4 Å². The molecular formula is C27H38FN5O6S. The minimum atomic E-state index is -4.46. The Labute approximate surface area is 234 Å². The average Bonchev–Trinajstić information content (AvgIpc) is 3.28. The van der Waals surface area contributed by atoms with Crippen molar-refractivity contribution in [3.63, 3.8) is 0 Å². The van der Waals surface area contributed by atoms with Gasteiger partial charge in [-0.15, -0.1) is 0 Å². The Kier molecular flexibility index (Phi) is 8.18. The number of aliphatic hydroxyl groups is 2. The number of pyridine rings is 1. The predicted molar refractivity (Wildman–Crippen MR) is 148 cm³/mol. The topological polar surface area (TPSA) is 158 Å². The minimum Gasteiger partial charge on any atom is -0.493 e. The van der Waals surface area contributed by atoms with Gasteiger partial charge in [-0.3, -0.25) is 4.79 Å². The number of rotatable bonds is 8. The van der Waals surface area contributed by atoms with Crippen LogP contribution in [0.1, 0.15) is 51.4 Å². The SMILES string of the molecule is CC(C)COc1cc(F)cc(-c2ccc(C(=O)NS(=O)(=O)N3C[C@@H](O)C(N)(O)C3)c(N3C[C@@H](C)CC3(C)C)n2)c1. The molecule has 1 amide bonds. The first-order chi connectivity index (χ1) is 18.5. The average molecular weight is 580 g/mol. The van der Waals surface area contributed by atoms with Crippen LogP contribution in [0.3, 0.4) is 0 Å². The van der Waals surface area contributed by atoms with Crippen molar-refractivity contribution in [1.29, 1.82) is 0 Å². The van der Waals surface area contributed by atoms with E-state index in [9.17, 15) is 27.8 Å². The van der Waals surface area contributed by atoms with E-state index in [0.29, 0.717) is 34.5 Å². The van der Waals surface area contributed by atoms with E-state index in [2.05, 4.69) is 6.92 Å². The lowest BCUT2D eigenvalue weighted by Gasteiger charge is -2.34. The Bertz CT molecular complexity index is 1380. The standard InChI is InChI=1S/C27H38FN5O6S/c1-16(2)14-39-20-9-18(8-19(28)10-20)22-7-6-21(24(30-22)33-12-17(3)11-26(33,4)5)25(35)31-40(37,38)32-13-23(34)27(29,36)15-32/h6-10,16-17,23,34,36H,11-15,29H2,1-5H3,(H,31,35)/t17-,23+,27?/m0/s1. The summed E-state index contributed by atoms with van der Waals surface area (Å²) in [5.41, 5.74) is 3.86. The number of aliphatic hydroxyl groups excluding tert-OH is 1. The fourth-order valence-corrected chi connectivity index (χ4v) is 6.42. The zero-order valence-electron chi connectivity index (χ0n) is 23.4. The van der Waals surface area contributed by atoms with Crippen LogP contribution in [0, 0.1) is 17.7 Å². The molecule has 13 heteroatoms. The summed E-state index contributed by atoms with van der Waals surface area (Å²) in [6.07, 6.45) is -0.699. The van der Waals surface area contributed by atoms with E-state index in [1.807, 2.05) is 37.3 Å². The van der Waals surface area contributed by atoms with Crippen molar-refractivity contribution in [2.75, 3.05) is 31.1 Å². The Hall–Kier alpha value is -2.84. The molecular weight excluding hydrogens is 541 g/mol. The number of amides is 1. The fraction of sp³-hybridized carbons (Fsp3) is 0.556. The number of aromatic nitrogens is 1. The van der Waals surface area contributed by atoms with Gasteiger partial charge in [0.25, 0.3) is 5.91 Å². The molecule has 0 bridgehead atoms. The summed E-state index contributed by atoms with van der Waals surface area (Å²) in [7, 11) is -4.46. The highest BCUT2D eigenvalue weighted by Gasteiger charge is 2.46. The molecule has 2 aromatic rings. The third-order valence-corrected chi connectivity index (χ3v) is 8.54. The van der Waals surface area contributed by atoms with Gasteiger partial charge in [0.2, 0.25) is 0 Å². The molecule has 2 aliphatic rings. The van der Waals surface area contributed by atoms with Crippen molar-refractivity contribution in [3.8, 4) is 17.0 Å². The first-order valence-electron chi connectivity index (χ1n) is 13.2. The highest BCUT2D eigenvalue weighted by Crippen LogP contribution is 2.38. The number of anilines is 1. The lowest BCUT2D eigenvalue weighted by molar-refractivity contribution is -0.0348. The summed E-state index contributed by atoms with van der Waals surface area (Å²) in [5, 5.41) is 19.9. The molecule has 11 nitrogen and oxygen atoms in total. The number of β-amino-alcohol motifs (C(OH)–C–C–N with tert-alkyl or cyclic N) is 2. The first kappa shape index (κ1) is 30.1. The van der Waals surface area contributed by atoms with E-state index in [0.717, 1.165) is 6.42 Å². The number of carbonyl (C=O) groups is 1. The minimum absolute atomic E-state index is 0.00457. The zero-order valence-corrected chi connectivity index (χ0v) is 24.2. The predicted octanol–water partition coefficient (Wildman–Crippen LogP) is 1.85. The Morgan fingerprint density at radius 3 is 2.55 bits per heavy atom. The highest BCUT2D eigenvalue weighted by molar-refractivity contribution is 7.87. The molecule has 40 heavy (non-hydrogen) atoms. The Morgan fingerprint density at radius 1 is 1.27 bits per heavy atom. The van der Waals surface area contributed by atoms with E-state index in [1.54, 1.807) is 6.07 Å². The molecule has 5 N–H and O–H groups in total. The number of nitrogens with zero attached hydrogens (tertiary/aromatic N) is 3. The smallest absolute Gasteiger partial charge is 0.304 e. The third-order valence-electron chi connectivity index (χ3n) is 7.14. The van der Waals surface area contributed by atoms with Crippen LogP contribution in [-0.2, 0) is 10.2 Å². The first-order valence-corrected chi connectivity index (χ1v) is 14.7. The van der Waals surface area contributed by atoms with Gasteiger partial charge in [0, 0.05) is 30.3 Å². The largest absolute Gasteiger partial charge is 0.493 e. The Morgan fingerprint density at radius 2 is 1.98 bits per heavy atom. The van der Waals surface area contributed by atoms with Crippen molar-refractivity contribution in [1.82, 2.24) is 14.0 Å². The number of ether oxygens (including phenoxy) is 1. The molecule has 0 aliphatic carbocycles. The molecule has 3 heterocycles. The van der Waals surface area contributed by atoms with E-state index < -0.39 is 52.4 Å². The molecule has 1 aromatic carbocycles. The Balaban J connectivity index is 1.72. The van der Waals surface area contributed by atoms with Gasteiger partial charge in [0.1, 0.15) is 23.5 Å². The molecule has 2 aliphatic heterocycles. The van der Waals surface area contributed by atoms with Crippen LogP contribution in [0.4, 0.5) is 10.2 Å². The van der Waals surface area contributed by atoms with Gasteiger partial charge in [0.05, 0.1) is 24.4 Å². The summed E-state index contributed by atoms with van der Waals surface area (Å²) in [6.45, 7) is 9.99. The molecule has 0 radical (unpaired) electrons. The normalized spacial score (nSPS) is 25.0. The van der Waals surface area contributed by atoms with Crippen LogP contribution in [0.2, 0.25) is 0 Å². The number of hydrogen-bond donors (Lipinski definition) is 4.